The van der Waals surface area contributed by atoms with Crippen LogP contribution in [0.5, 0.6) is 0 Å². The van der Waals surface area contributed by atoms with Crippen LogP contribution in [0.1, 0.15) is 49.6 Å². The van der Waals surface area contributed by atoms with Gasteiger partial charge in [0, 0.05) is 6.07 Å². The van der Waals surface area contributed by atoms with Gasteiger partial charge in [0.1, 0.15) is 6.10 Å². The van der Waals surface area contributed by atoms with Crippen molar-refractivity contribution in [3.8, 4) is 5.88 Å². The molecule has 0 saturated carbocycles. The van der Waals surface area contributed by atoms with Crippen LogP contribution in [0.15, 0.2) is 53.1 Å². The highest BCUT2D eigenvalue weighted by Gasteiger charge is 2.15. The number of benzene rings is 1. The van der Waals surface area contributed by atoms with Crippen LogP contribution in [0.4, 0.5) is 0 Å². The van der Waals surface area contributed by atoms with Gasteiger partial charge in [-0.15, -0.1) is 10.2 Å². The van der Waals surface area contributed by atoms with E-state index in [2.05, 4.69) is 39.7 Å². The maximum absolute atomic E-state index is 10.2. The molecule has 0 spiro atoms. The monoisotopic (exact) mass is 326 g/mol. The predicted octanol–water partition coefficient (Wildman–Crippen LogP) is 3.48. The Morgan fingerprint density at radius 1 is 1.00 bits per heavy atom. The van der Waals surface area contributed by atoms with E-state index in [-0.39, 0.29) is 0 Å². The maximum atomic E-state index is 10.2. The average Bonchev–Trinajstić information content (AvgIpc) is 3.29. The van der Waals surface area contributed by atoms with E-state index in [0.717, 1.165) is 25.7 Å². The molecule has 3 rings (SSSR count). The summed E-state index contributed by atoms with van der Waals surface area (Å²) in [6, 6.07) is 14.0. The molecule has 0 bridgehead atoms. The van der Waals surface area contributed by atoms with Gasteiger partial charge in [-0.05, 0) is 36.1 Å². The molecule has 126 valence electrons. The summed E-state index contributed by atoms with van der Waals surface area (Å²) in [5, 5.41) is 22.1. The molecule has 0 aliphatic heterocycles. The third-order valence-electron chi connectivity index (χ3n) is 3.97. The quantitative estimate of drug-likeness (QED) is 0.609. The molecule has 1 N–H and O–H groups in total. The molecular formula is C18H22N4O2. The summed E-state index contributed by atoms with van der Waals surface area (Å²) in [7, 11) is 0. The van der Waals surface area contributed by atoms with Gasteiger partial charge in [0.15, 0.2) is 0 Å². The second-order valence-electron chi connectivity index (χ2n) is 5.84. The molecule has 6 nitrogen and oxygen atoms in total. The summed E-state index contributed by atoms with van der Waals surface area (Å²) >= 11 is 0. The number of aliphatic hydroxyl groups excluding tert-OH is 1. The summed E-state index contributed by atoms with van der Waals surface area (Å²) in [6.45, 7) is 0. The lowest BCUT2D eigenvalue weighted by atomic mass is 10.0. The van der Waals surface area contributed by atoms with Gasteiger partial charge in [0.25, 0.3) is 0 Å². The zero-order valence-corrected chi connectivity index (χ0v) is 13.6. The van der Waals surface area contributed by atoms with Crippen molar-refractivity contribution in [3.05, 3.63) is 60.1 Å². The molecular weight excluding hydrogens is 304 g/mol. The average molecular weight is 326 g/mol. The SMILES string of the molecule is OC(CCCCCCc1ccccc1)c1nnn(-c2ccco2)n1. The molecule has 2 heterocycles. The molecule has 1 atom stereocenters. The van der Waals surface area contributed by atoms with Crippen LogP contribution in [0.2, 0.25) is 0 Å². The lowest BCUT2D eigenvalue weighted by Crippen LogP contribution is -2.02. The lowest BCUT2D eigenvalue weighted by Gasteiger charge is -2.06. The first-order valence-corrected chi connectivity index (χ1v) is 8.39. The Morgan fingerprint density at radius 3 is 2.62 bits per heavy atom. The van der Waals surface area contributed by atoms with Gasteiger partial charge in [-0.2, -0.15) is 0 Å². The first kappa shape index (κ1) is 16.4. The van der Waals surface area contributed by atoms with Gasteiger partial charge in [-0.25, -0.2) is 0 Å². The zero-order chi connectivity index (χ0) is 16.6. The van der Waals surface area contributed by atoms with Crippen molar-refractivity contribution in [2.24, 2.45) is 0 Å². The van der Waals surface area contributed by atoms with Crippen LogP contribution in [-0.4, -0.2) is 25.3 Å². The lowest BCUT2D eigenvalue weighted by molar-refractivity contribution is 0.153. The fraction of sp³-hybridized carbons (Fsp3) is 0.389. The van der Waals surface area contributed by atoms with Crippen LogP contribution in [-0.2, 0) is 6.42 Å². The molecule has 0 radical (unpaired) electrons. The van der Waals surface area contributed by atoms with E-state index >= 15 is 0 Å². The van der Waals surface area contributed by atoms with E-state index in [9.17, 15) is 5.11 Å². The molecule has 0 fully saturated rings. The van der Waals surface area contributed by atoms with E-state index in [1.54, 1.807) is 18.4 Å². The molecule has 0 saturated heterocycles. The minimum Gasteiger partial charge on any atom is -0.445 e. The molecule has 1 aromatic carbocycles. The number of aliphatic hydroxyl groups is 1. The van der Waals surface area contributed by atoms with Gasteiger partial charge >= 0.3 is 0 Å². The largest absolute Gasteiger partial charge is 0.445 e. The number of hydrogen-bond donors (Lipinski definition) is 1. The van der Waals surface area contributed by atoms with Crippen molar-refractivity contribution in [2.45, 2.75) is 44.6 Å². The smallest absolute Gasteiger partial charge is 0.239 e. The summed E-state index contributed by atoms with van der Waals surface area (Å²) in [5.41, 5.74) is 1.39. The Balaban J connectivity index is 1.35. The molecule has 24 heavy (non-hydrogen) atoms. The minimum absolute atomic E-state index is 0.343. The van der Waals surface area contributed by atoms with Crippen molar-refractivity contribution in [2.75, 3.05) is 0 Å². The van der Waals surface area contributed by atoms with Crippen LogP contribution in [0.25, 0.3) is 5.88 Å². The normalized spacial score (nSPS) is 12.4. The first-order valence-electron chi connectivity index (χ1n) is 8.39. The highest BCUT2D eigenvalue weighted by molar-refractivity contribution is 5.14. The first-order chi connectivity index (χ1) is 11.8. The summed E-state index contributed by atoms with van der Waals surface area (Å²) < 4.78 is 5.19. The standard InChI is InChI=1S/C18H22N4O2/c23-16(18-19-21-22(20-18)17-13-8-14-24-17)12-7-2-1-4-9-15-10-5-3-6-11-15/h3,5-6,8,10-11,13-14,16,23H,1-2,4,7,9,12H2. The van der Waals surface area contributed by atoms with E-state index in [0.29, 0.717) is 18.1 Å². The summed E-state index contributed by atoms with van der Waals surface area (Å²) in [4.78, 5) is 1.29. The van der Waals surface area contributed by atoms with E-state index in [1.807, 2.05) is 6.07 Å². The molecule has 0 aliphatic carbocycles. The van der Waals surface area contributed by atoms with Gasteiger partial charge < -0.3 is 9.52 Å². The Bertz CT molecular complexity index is 710. The Labute approximate surface area is 141 Å². The van der Waals surface area contributed by atoms with Crippen molar-refractivity contribution in [1.82, 2.24) is 20.2 Å². The molecule has 6 heteroatoms. The van der Waals surface area contributed by atoms with Crippen molar-refractivity contribution >= 4 is 0 Å². The number of rotatable bonds is 9. The van der Waals surface area contributed by atoms with Crippen LogP contribution in [0, 0.1) is 0 Å². The number of nitrogens with zero attached hydrogens (tertiary/aromatic N) is 4. The van der Waals surface area contributed by atoms with Crippen LogP contribution >= 0.6 is 0 Å². The molecule has 0 amide bonds. The Morgan fingerprint density at radius 2 is 1.83 bits per heavy atom. The topological polar surface area (TPSA) is 77.0 Å². The number of unbranched alkanes of at least 4 members (excludes halogenated alkanes) is 3. The van der Waals surface area contributed by atoms with E-state index in [4.69, 9.17) is 4.42 Å². The Hall–Kier alpha value is -2.47. The second kappa shape index (κ2) is 8.40. The van der Waals surface area contributed by atoms with Gasteiger partial charge in [-0.1, -0.05) is 54.4 Å². The predicted molar refractivity (Wildman–Crippen MR) is 89.6 cm³/mol. The van der Waals surface area contributed by atoms with Gasteiger partial charge in [0.05, 0.1) is 6.26 Å². The summed E-state index contributed by atoms with van der Waals surface area (Å²) in [5.74, 6) is 0.831. The number of aryl methyl sites for hydroxylation is 1. The minimum atomic E-state index is -0.678. The highest BCUT2D eigenvalue weighted by atomic mass is 16.3. The molecule has 2 aromatic heterocycles. The Kier molecular flexibility index (Phi) is 5.74. The highest BCUT2D eigenvalue weighted by Crippen LogP contribution is 2.17. The molecule has 1 unspecified atom stereocenters. The van der Waals surface area contributed by atoms with Crippen molar-refractivity contribution in [3.63, 3.8) is 0 Å². The number of tetrazole rings is 1. The number of aromatic nitrogens is 4. The zero-order valence-electron chi connectivity index (χ0n) is 13.6. The fourth-order valence-corrected chi connectivity index (χ4v) is 2.63. The summed E-state index contributed by atoms with van der Waals surface area (Å²) in [6.07, 6.45) is 7.01. The maximum Gasteiger partial charge on any atom is 0.239 e. The van der Waals surface area contributed by atoms with Crippen LogP contribution in [0.3, 0.4) is 0 Å². The van der Waals surface area contributed by atoms with Gasteiger partial charge in [0.2, 0.25) is 11.7 Å². The number of hydrogen-bond acceptors (Lipinski definition) is 5. The molecule has 3 aromatic rings. The third-order valence-corrected chi connectivity index (χ3v) is 3.97. The number of furan rings is 1. The molecule has 0 aliphatic rings. The second-order valence-corrected chi connectivity index (χ2v) is 5.84. The third kappa shape index (κ3) is 4.52. The van der Waals surface area contributed by atoms with Crippen molar-refractivity contribution in [1.29, 1.82) is 0 Å². The van der Waals surface area contributed by atoms with E-state index in [1.165, 1.54) is 16.8 Å². The fourth-order valence-electron chi connectivity index (χ4n) is 2.63. The van der Waals surface area contributed by atoms with Crippen molar-refractivity contribution < 1.29 is 9.52 Å². The van der Waals surface area contributed by atoms with Gasteiger partial charge in [-0.3, -0.25) is 0 Å². The van der Waals surface area contributed by atoms with Crippen LogP contribution < -0.4 is 0 Å². The van der Waals surface area contributed by atoms with E-state index < -0.39 is 6.10 Å².